The van der Waals surface area contributed by atoms with Gasteiger partial charge in [-0.1, -0.05) is 54.1 Å². The van der Waals surface area contributed by atoms with Gasteiger partial charge in [0.05, 0.1) is 13.0 Å². The minimum absolute atomic E-state index is 0.0484. The summed E-state index contributed by atoms with van der Waals surface area (Å²) in [6.45, 7) is 1.42. The number of thiocarbonyl (C=S) groups is 1. The van der Waals surface area contributed by atoms with Gasteiger partial charge in [-0.3, -0.25) is 19.3 Å². The van der Waals surface area contributed by atoms with Crippen LogP contribution in [0.2, 0.25) is 5.02 Å². The second-order valence-electron chi connectivity index (χ2n) is 9.41. The highest BCUT2D eigenvalue weighted by atomic mass is 35.5. The SMILES string of the molecule is O=C(C[C@@H]1C(=O)N(Cc2ccccc2)C(=S)N1Cc1ccc(N2CCCC2=O)cc1)Nc1ccc(Cl)cc1. The van der Waals surface area contributed by atoms with Crippen molar-refractivity contribution in [3.05, 3.63) is 95.0 Å². The summed E-state index contributed by atoms with van der Waals surface area (Å²) in [6, 6.07) is 23.5. The second kappa shape index (κ2) is 11.3. The number of carbonyl (C=O) groups is 3. The lowest BCUT2D eigenvalue weighted by molar-refractivity contribution is -0.131. The van der Waals surface area contributed by atoms with Crippen LogP contribution in [-0.4, -0.2) is 45.2 Å². The van der Waals surface area contributed by atoms with Crippen LogP contribution in [0.1, 0.15) is 30.4 Å². The third-order valence-corrected chi connectivity index (χ3v) is 7.48. The molecule has 0 aliphatic carbocycles. The van der Waals surface area contributed by atoms with Gasteiger partial charge in [0.1, 0.15) is 6.04 Å². The van der Waals surface area contributed by atoms with Gasteiger partial charge in [0, 0.05) is 35.9 Å². The normalized spacial score (nSPS) is 17.4. The zero-order valence-corrected chi connectivity index (χ0v) is 22.3. The van der Waals surface area contributed by atoms with Crippen LogP contribution in [0.4, 0.5) is 11.4 Å². The average Bonchev–Trinajstić information content (AvgIpc) is 3.44. The van der Waals surface area contributed by atoms with Crippen molar-refractivity contribution in [2.24, 2.45) is 0 Å². The topological polar surface area (TPSA) is 73.0 Å². The molecule has 0 spiro atoms. The van der Waals surface area contributed by atoms with E-state index < -0.39 is 6.04 Å². The number of carbonyl (C=O) groups excluding carboxylic acids is 3. The Hall–Kier alpha value is -3.75. The molecule has 5 rings (SSSR count). The van der Waals surface area contributed by atoms with Crippen LogP contribution in [-0.2, 0) is 27.5 Å². The van der Waals surface area contributed by atoms with Crippen LogP contribution in [0.25, 0.3) is 0 Å². The standard InChI is InChI=1S/C29H27ClN4O3S/c30-22-10-12-23(13-11-22)31-26(35)17-25-28(37)34(19-20-5-2-1-3-6-20)29(38)33(25)18-21-8-14-24(15-9-21)32-16-4-7-27(32)36/h1-3,5-6,8-15,25H,4,7,16-19H2,(H,31,35)/t25-/m1/s1. The molecule has 2 aliphatic rings. The molecule has 3 aromatic carbocycles. The van der Waals surface area contributed by atoms with E-state index in [1.807, 2.05) is 59.5 Å². The van der Waals surface area contributed by atoms with Gasteiger partial charge in [0.25, 0.3) is 5.91 Å². The monoisotopic (exact) mass is 546 g/mol. The molecule has 9 heteroatoms. The van der Waals surface area contributed by atoms with Crippen molar-refractivity contribution in [2.75, 3.05) is 16.8 Å². The van der Waals surface area contributed by atoms with Gasteiger partial charge in [-0.25, -0.2) is 0 Å². The van der Waals surface area contributed by atoms with Crippen LogP contribution >= 0.6 is 23.8 Å². The molecule has 7 nitrogen and oxygen atoms in total. The van der Waals surface area contributed by atoms with E-state index in [1.165, 1.54) is 0 Å². The Bertz CT molecular complexity index is 1350. The van der Waals surface area contributed by atoms with Crippen molar-refractivity contribution in [3.63, 3.8) is 0 Å². The van der Waals surface area contributed by atoms with E-state index in [0.29, 0.717) is 35.3 Å². The maximum Gasteiger partial charge on any atom is 0.252 e. The summed E-state index contributed by atoms with van der Waals surface area (Å²) in [4.78, 5) is 43.8. The molecule has 0 aromatic heterocycles. The summed E-state index contributed by atoms with van der Waals surface area (Å²) >= 11 is 11.7. The Morgan fingerprint density at radius 1 is 0.921 bits per heavy atom. The Labute approximate surface area is 232 Å². The first-order chi connectivity index (χ1) is 18.4. The average molecular weight is 547 g/mol. The summed E-state index contributed by atoms with van der Waals surface area (Å²) in [7, 11) is 0. The zero-order valence-electron chi connectivity index (χ0n) is 20.7. The Kier molecular flexibility index (Phi) is 7.72. The molecular weight excluding hydrogens is 520 g/mol. The van der Waals surface area contributed by atoms with E-state index in [1.54, 1.807) is 34.1 Å². The van der Waals surface area contributed by atoms with E-state index in [4.69, 9.17) is 23.8 Å². The van der Waals surface area contributed by atoms with E-state index in [0.717, 1.165) is 29.8 Å². The van der Waals surface area contributed by atoms with Gasteiger partial charge in [-0.05, 0) is 66.2 Å². The third kappa shape index (κ3) is 5.71. The smallest absolute Gasteiger partial charge is 0.252 e. The molecule has 1 atom stereocenters. The Morgan fingerprint density at radius 3 is 2.26 bits per heavy atom. The summed E-state index contributed by atoms with van der Waals surface area (Å²) < 4.78 is 0. The van der Waals surface area contributed by atoms with E-state index >= 15 is 0 Å². The molecule has 0 saturated carbocycles. The molecule has 2 aliphatic heterocycles. The van der Waals surface area contributed by atoms with E-state index in [-0.39, 0.29) is 24.1 Å². The summed E-state index contributed by atoms with van der Waals surface area (Å²) in [6.07, 6.45) is 1.39. The highest BCUT2D eigenvalue weighted by Gasteiger charge is 2.43. The first-order valence-electron chi connectivity index (χ1n) is 12.5. The molecule has 3 aromatic rings. The van der Waals surface area contributed by atoms with Gasteiger partial charge in [-0.2, -0.15) is 0 Å². The number of nitrogens with zero attached hydrogens (tertiary/aromatic N) is 3. The second-order valence-corrected chi connectivity index (χ2v) is 10.2. The highest BCUT2D eigenvalue weighted by Crippen LogP contribution is 2.27. The lowest BCUT2D eigenvalue weighted by atomic mass is 10.1. The molecule has 2 heterocycles. The van der Waals surface area contributed by atoms with Crippen LogP contribution in [0.15, 0.2) is 78.9 Å². The fraction of sp³-hybridized carbons (Fsp3) is 0.241. The molecule has 0 unspecified atom stereocenters. The Morgan fingerprint density at radius 2 is 1.61 bits per heavy atom. The minimum atomic E-state index is -0.738. The Balaban J connectivity index is 1.35. The van der Waals surface area contributed by atoms with Crippen molar-refractivity contribution < 1.29 is 14.4 Å². The maximum absolute atomic E-state index is 13.6. The van der Waals surface area contributed by atoms with Gasteiger partial charge in [-0.15, -0.1) is 0 Å². The van der Waals surface area contributed by atoms with Crippen molar-refractivity contribution in [1.82, 2.24) is 9.80 Å². The van der Waals surface area contributed by atoms with Gasteiger partial charge >= 0.3 is 0 Å². The van der Waals surface area contributed by atoms with Crippen LogP contribution in [0.5, 0.6) is 0 Å². The number of anilines is 2. The quantitative estimate of drug-likeness (QED) is 0.403. The van der Waals surface area contributed by atoms with Crippen molar-refractivity contribution >= 4 is 58.0 Å². The molecule has 1 N–H and O–H groups in total. The molecular formula is C29H27ClN4O3S. The lowest BCUT2D eigenvalue weighted by Crippen LogP contribution is -2.37. The van der Waals surface area contributed by atoms with Crippen LogP contribution < -0.4 is 10.2 Å². The number of nitrogens with one attached hydrogen (secondary N) is 1. The van der Waals surface area contributed by atoms with Gasteiger partial charge in [0.2, 0.25) is 11.8 Å². The fourth-order valence-corrected chi connectivity index (χ4v) is 5.27. The number of rotatable bonds is 8. The first kappa shape index (κ1) is 25.9. The maximum atomic E-state index is 13.6. The predicted octanol–water partition coefficient (Wildman–Crippen LogP) is 4.99. The van der Waals surface area contributed by atoms with E-state index in [9.17, 15) is 14.4 Å². The molecule has 0 bridgehead atoms. The van der Waals surface area contributed by atoms with Crippen molar-refractivity contribution in [1.29, 1.82) is 0 Å². The minimum Gasteiger partial charge on any atom is -0.332 e. The number of hydrogen-bond acceptors (Lipinski definition) is 4. The zero-order chi connectivity index (χ0) is 26.6. The number of hydrogen-bond donors (Lipinski definition) is 1. The molecule has 38 heavy (non-hydrogen) atoms. The fourth-order valence-electron chi connectivity index (χ4n) is 4.80. The van der Waals surface area contributed by atoms with Crippen molar-refractivity contribution in [2.45, 2.75) is 38.4 Å². The summed E-state index contributed by atoms with van der Waals surface area (Å²) in [5, 5.41) is 3.81. The van der Waals surface area contributed by atoms with Crippen LogP contribution in [0, 0.1) is 0 Å². The van der Waals surface area contributed by atoms with E-state index in [2.05, 4.69) is 5.32 Å². The number of amides is 3. The summed E-state index contributed by atoms with van der Waals surface area (Å²) in [5.41, 5.74) is 3.35. The summed E-state index contributed by atoms with van der Waals surface area (Å²) in [5.74, 6) is -0.361. The highest BCUT2D eigenvalue weighted by molar-refractivity contribution is 7.80. The first-order valence-corrected chi connectivity index (χ1v) is 13.3. The largest absolute Gasteiger partial charge is 0.332 e. The van der Waals surface area contributed by atoms with Crippen LogP contribution in [0.3, 0.4) is 0 Å². The lowest BCUT2D eigenvalue weighted by Gasteiger charge is -2.24. The number of benzene rings is 3. The molecule has 3 amide bonds. The van der Waals surface area contributed by atoms with Crippen molar-refractivity contribution in [3.8, 4) is 0 Å². The third-order valence-electron chi connectivity index (χ3n) is 6.77. The predicted molar refractivity (Wildman–Crippen MR) is 152 cm³/mol. The molecule has 2 saturated heterocycles. The molecule has 2 fully saturated rings. The molecule has 194 valence electrons. The van der Waals surface area contributed by atoms with Gasteiger partial charge < -0.3 is 15.1 Å². The van der Waals surface area contributed by atoms with Gasteiger partial charge in [0.15, 0.2) is 5.11 Å². The number of halogens is 1. The molecule has 0 radical (unpaired) electrons.